The van der Waals surface area contributed by atoms with E-state index in [0.29, 0.717) is 23.7 Å². The standard InChI is InChI=1S/C16H24N3O2P/c1-5-10-22(20,21)13-8-6-12(7-9-13)19-15(17)11-14(18-19)16(2,3)4/h6-9,11H,5,10,17H2,1-4H3,(H,20,21). The van der Waals surface area contributed by atoms with E-state index in [-0.39, 0.29) is 5.41 Å². The third-order valence-electron chi connectivity index (χ3n) is 3.53. The Morgan fingerprint density at radius 3 is 2.32 bits per heavy atom. The molecule has 2 aromatic rings. The van der Waals surface area contributed by atoms with E-state index in [4.69, 9.17) is 5.73 Å². The summed E-state index contributed by atoms with van der Waals surface area (Å²) in [5.74, 6) is 0.554. The number of rotatable bonds is 4. The summed E-state index contributed by atoms with van der Waals surface area (Å²) in [6.45, 7) is 8.13. The maximum absolute atomic E-state index is 12.2. The first-order valence-electron chi connectivity index (χ1n) is 7.44. The molecule has 22 heavy (non-hydrogen) atoms. The Balaban J connectivity index is 2.36. The maximum atomic E-state index is 12.2. The average Bonchev–Trinajstić information content (AvgIpc) is 2.81. The first-order valence-corrected chi connectivity index (χ1v) is 9.28. The van der Waals surface area contributed by atoms with Crippen LogP contribution in [0.15, 0.2) is 30.3 Å². The predicted molar refractivity (Wildman–Crippen MR) is 91.3 cm³/mol. The summed E-state index contributed by atoms with van der Waals surface area (Å²) in [5, 5.41) is 5.01. The van der Waals surface area contributed by atoms with Gasteiger partial charge in [-0.05, 0) is 30.7 Å². The van der Waals surface area contributed by atoms with Crippen molar-refractivity contribution in [2.75, 3.05) is 11.9 Å². The van der Waals surface area contributed by atoms with Gasteiger partial charge in [-0.2, -0.15) is 5.10 Å². The van der Waals surface area contributed by atoms with Gasteiger partial charge in [-0.25, -0.2) is 4.68 Å². The van der Waals surface area contributed by atoms with E-state index in [1.165, 1.54) is 0 Å². The molecule has 120 valence electrons. The van der Waals surface area contributed by atoms with Crippen molar-refractivity contribution in [2.24, 2.45) is 0 Å². The fourth-order valence-electron chi connectivity index (χ4n) is 2.23. The van der Waals surface area contributed by atoms with Crippen molar-refractivity contribution in [1.29, 1.82) is 0 Å². The summed E-state index contributed by atoms with van der Waals surface area (Å²) >= 11 is 0. The van der Waals surface area contributed by atoms with E-state index in [0.717, 1.165) is 11.4 Å². The summed E-state index contributed by atoms with van der Waals surface area (Å²) in [5.41, 5.74) is 7.65. The smallest absolute Gasteiger partial charge is 0.229 e. The van der Waals surface area contributed by atoms with Gasteiger partial charge in [0.2, 0.25) is 7.37 Å². The molecule has 1 heterocycles. The summed E-state index contributed by atoms with van der Waals surface area (Å²) in [4.78, 5) is 10.0. The van der Waals surface area contributed by atoms with Crippen molar-refractivity contribution < 1.29 is 9.46 Å². The number of hydrogen-bond acceptors (Lipinski definition) is 3. The number of nitrogens with zero attached hydrogens (tertiary/aromatic N) is 2. The number of anilines is 1. The van der Waals surface area contributed by atoms with Crippen molar-refractivity contribution in [3.05, 3.63) is 36.0 Å². The van der Waals surface area contributed by atoms with Crippen LogP contribution in [0.1, 0.15) is 39.8 Å². The molecule has 0 aliphatic rings. The zero-order valence-corrected chi connectivity index (χ0v) is 14.5. The summed E-state index contributed by atoms with van der Waals surface area (Å²) < 4.78 is 13.8. The molecule has 0 fully saturated rings. The van der Waals surface area contributed by atoms with Crippen LogP contribution in [0.25, 0.3) is 5.69 Å². The van der Waals surface area contributed by atoms with Gasteiger partial charge in [-0.15, -0.1) is 0 Å². The quantitative estimate of drug-likeness (QED) is 0.848. The molecule has 5 nitrogen and oxygen atoms in total. The Morgan fingerprint density at radius 1 is 1.27 bits per heavy atom. The van der Waals surface area contributed by atoms with Gasteiger partial charge in [-0.1, -0.05) is 27.7 Å². The highest BCUT2D eigenvalue weighted by atomic mass is 31.2. The minimum absolute atomic E-state index is 0.0821. The lowest BCUT2D eigenvalue weighted by Crippen LogP contribution is -2.13. The van der Waals surface area contributed by atoms with Gasteiger partial charge < -0.3 is 10.6 Å². The molecule has 1 aromatic heterocycles. The van der Waals surface area contributed by atoms with Gasteiger partial charge in [-0.3, -0.25) is 4.57 Å². The van der Waals surface area contributed by atoms with E-state index in [1.807, 2.05) is 13.0 Å². The Bertz CT molecular complexity index is 699. The normalized spacial score (nSPS) is 14.8. The van der Waals surface area contributed by atoms with E-state index in [2.05, 4.69) is 25.9 Å². The molecule has 0 radical (unpaired) electrons. The van der Waals surface area contributed by atoms with Gasteiger partial charge in [0.25, 0.3) is 0 Å². The molecule has 6 heteroatoms. The predicted octanol–water partition coefficient (Wildman–Crippen LogP) is 3.06. The zero-order valence-electron chi connectivity index (χ0n) is 13.6. The minimum atomic E-state index is -3.25. The highest BCUT2D eigenvalue weighted by Gasteiger charge is 2.21. The molecule has 0 saturated heterocycles. The highest BCUT2D eigenvalue weighted by Crippen LogP contribution is 2.39. The minimum Gasteiger partial charge on any atom is -0.384 e. The van der Waals surface area contributed by atoms with Crippen LogP contribution < -0.4 is 11.0 Å². The Hall–Kier alpha value is -1.58. The molecule has 1 unspecified atom stereocenters. The summed E-state index contributed by atoms with van der Waals surface area (Å²) in [6, 6.07) is 8.79. The van der Waals surface area contributed by atoms with Crippen LogP contribution in [0.4, 0.5) is 5.82 Å². The largest absolute Gasteiger partial charge is 0.384 e. The molecule has 0 bridgehead atoms. The number of nitrogens with two attached hydrogens (primary N) is 1. The van der Waals surface area contributed by atoms with E-state index in [9.17, 15) is 9.46 Å². The average molecular weight is 321 g/mol. The van der Waals surface area contributed by atoms with Crippen molar-refractivity contribution in [2.45, 2.75) is 39.5 Å². The molecular formula is C16H24N3O2P. The first-order chi connectivity index (χ1) is 10.1. The van der Waals surface area contributed by atoms with Crippen LogP contribution in [0.5, 0.6) is 0 Å². The Labute approximate surface area is 131 Å². The van der Waals surface area contributed by atoms with Crippen LogP contribution in [-0.4, -0.2) is 20.8 Å². The van der Waals surface area contributed by atoms with Gasteiger partial charge in [0, 0.05) is 22.9 Å². The molecule has 0 amide bonds. The van der Waals surface area contributed by atoms with Gasteiger partial charge in [0.15, 0.2) is 0 Å². The van der Waals surface area contributed by atoms with Crippen LogP contribution in [0.3, 0.4) is 0 Å². The van der Waals surface area contributed by atoms with E-state index in [1.54, 1.807) is 28.9 Å². The summed E-state index contributed by atoms with van der Waals surface area (Å²) in [7, 11) is -3.25. The lowest BCUT2D eigenvalue weighted by molar-refractivity contribution is 0.489. The lowest BCUT2D eigenvalue weighted by atomic mass is 9.92. The fraction of sp³-hybridized carbons (Fsp3) is 0.438. The van der Waals surface area contributed by atoms with Crippen molar-refractivity contribution in [3.8, 4) is 5.69 Å². The van der Waals surface area contributed by atoms with E-state index < -0.39 is 7.37 Å². The van der Waals surface area contributed by atoms with Crippen molar-refractivity contribution in [1.82, 2.24) is 9.78 Å². The molecule has 3 N–H and O–H groups in total. The number of nitrogen functional groups attached to an aromatic ring is 1. The maximum Gasteiger partial charge on any atom is 0.229 e. The lowest BCUT2D eigenvalue weighted by Gasteiger charge is -2.14. The Kier molecular flexibility index (Phi) is 4.50. The third kappa shape index (κ3) is 3.42. The SMILES string of the molecule is CCCP(=O)(O)c1ccc(-n2nc(C(C)(C)C)cc2N)cc1. The molecule has 1 atom stereocenters. The number of aromatic nitrogens is 2. The van der Waals surface area contributed by atoms with Crippen LogP contribution in [0, 0.1) is 0 Å². The fourth-order valence-corrected chi connectivity index (χ4v) is 3.71. The molecule has 2 rings (SSSR count). The second-order valence-corrected chi connectivity index (χ2v) is 8.92. The highest BCUT2D eigenvalue weighted by molar-refractivity contribution is 7.66. The van der Waals surface area contributed by atoms with Gasteiger partial charge in [0.05, 0.1) is 11.4 Å². The second kappa shape index (κ2) is 5.90. The first kappa shape index (κ1) is 16.8. The monoisotopic (exact) mass is 321 g/mol. The van der Waals surface area contributed by atoms with Crippen LogP contribution in [0.2, 0.25) is 0 Å². The molecule has 0 aliphatic carbocycles. The molecule has 0 spiro atoms. The molecule has 1 aromatic carbocycles. The number of hydrogen-bond donors (Lipinski definition) is 2. The zero-order chi connectivity index (χ0) is 16.5. The van der Waals surface area contributed by atoms with Crippen LogP contribution in [-0.2, 0) is 9.98 Å². The van der Waals surface area contributed by atoms with Gasteiger partial charge >= 0.3 is 0 Å². The topological polar surface area (TPSA) is 81.1 Å². The second-order valence-electron chi connectivity index (χ2n) is 6.56. The molecular weight excluding hydrogens is 297 g/mol. The van der Waals surface area contributed by atoms with Gasteiger partial charge in [0.1, 0.15) is 5.82 Å². The van der Waals surface area contributed by atoms with E-state index >= 15 is 0 Å². The number of benzene rings is 1. The van der Waals surface area contributed by atoms with Crippen molar-refractivity contribution in [3.63, 3.8) is 0 Å². The summed E-state index contributed by atoms with van der Waals surface area (Å²) in [6.07, 6.45) is 0.973. The third-order valence-corrected chi connectivity index (χ3v) is 5.69. The Morgan fingerprint density at radius 2 is 1.86 bits per heavy atom. The van der Waals surface area contributed by atoms with Crippen molar-refractivity contribution >= 4 is 18.5 Å². The van der Waals surface area contributed by atoms with Crippen LogP contribution >= 0.6 is 7.37 Å². The molecule has 0 saturated carbocycles. The molecule has 0 aliphatic heterocycles.